The molecule has 2 heterocycles. The van der Waals surface area contributed by atoms with E-state index in [4.69, 9.17) is 0 Å². The third-order valence-electron chi connectivity index (χ3n) is 4.85. The van der Waals surface area contributed by atoms with E-state index in [1.807, 2.05) is 48.3 Å². The molecule has 1 fully saturated rings. The number of carbonyl (C=O) groups is 1. The number of hydrogen-bond donors (Lipinski definition) is 1. The summed E-state index contributed by atoms with van der Waals surface area (Å²) in [5.41, 5.74) is 3.28. The van der Waals surface area contributed by atoms with Crippen molar-refractivity contribution in [1.82, 2.24) is 14.5 Å². The summed E-state index contributed by atoms with van der Waals surface area (Å²) in [6, 6.07) is 18.3. The Morgan fingerprint density at radius 2 is 1.88 bits per heavy atom. The first kappa shape index (κ1) is 15.7. The summed E-state index contributed by atoms with van der Waals surface area (Å²) in [4.78, 5) is 18.9. The van der Waals surface area contributed by atoms with Crippen LogP contribution in [0.3, 0.4) is 0 Å². The number of nitrogens with one attached hydrogen (secondary N) is 1. The quantitative estimate of drug-likeness (QED) is 0.780. The summed E-state index contributed by atoms with van der Waals surface area (Å²) in [6.45, 7) is 2.25. The van der Waals surface area contributed by atoms with Crippen LogP contribution in [-0.4, -0.2) is 33.4 Å². The molecule has 1 aliphatic rings. The molecule has 2 aromatic carbocycles. The van der Waals surface area contributed by atoms with E-state index in [0.717, 1.165) is 30.1 Å². The first-order valence-electron chi connectivity index (χ1n) is 8.68. The predicted molar refractivity (Wildman–Crippen MR) is 99.2 cm³/mol. The van der Waals surface area contributed by atoms with Gasteiger partial charge in [-0.1, -0.05) is 42.5 Å². The fourth-order valence-corrected chi connectivity index (χ4v) is 3.49. The molecule has 1 unspecified atom stereocenters. The second kappa shape index (κ2) is 6.59. The van der Waals surface area contributed by atoms with E-state index in [-0.39, 0.29) is 5.91 Å². The average Bonchev–Trinajstić information content (AvgIpc) is 3.14. The molecular formula is C20H22N4O. The van der Waals surface area contributed by atoms with Crippen molar-refractivity contribution >= 4 is 22.9 Å². The second-order valence-corrected chi connectivity index (χ2v) is 6.69. The highest BCUT2D eigenvalue weighted by Crippen LogP contribution is 2.22. The van der Waals surface area contributed by atoms with Crippen molar-refractivity contribution in [3.63, 3.8) is 0 Å². The van der Waals surface area contributed by atoms with E-state index in [0.29, 0.717) is 18.9 Å². The summed E-state index contributed by atoms with van der Waals surface area (Å²) in [5, 5.41) is 3.42. The number of aryl methyl sites for hydroxylation is 1. The highest BCUT2D eigenvalue weighted by Gasteiger charge is 2.29. The summed E-state index contributed by atoms with van der Waals surface area (Å²) < 4.78 is 2.06. The van der Waals surface area contributed by atoms with Crippen LogP contribution in [0, 0.1) is 5.92 Å². The maximum absolute atomic E-state index is 12.3. The van der Waals surface area contributed by atoms with Gasteiger partial charge in [-0.3, -0.25) is 4.79 Å². The predicted octanol–water partition coefficient (Wildman–Crippen LogP) is 3.03. The molecule has 1 atom stereocenters. The number of fused-ring (bicyclic) bond motifs is 1. The van der Waals surface area contributed by atoms with Crippen LogP contribution in [0.25, 0.3) is 11.0 Å². The van der Waals surface area contributed by atoms with Gasteiger partial charge in [0.2, 0.25) is 11.9 Å². The van der Waals surface area contributed by atoms with Crippen molar-refractivity contribution in [1.29, 1.82) is 0 Å². The van der Waals surface area contributed by atoms with Gasteiger partial charge in [0.1, 0.15) is 0 Å². The third kappa shape index (κ3) is 3.22. The van der Waals surface area contributed by atoms with Crippen molar-refractivity contribution in [3.8, 4) is 0 Å². The molecule has 1 amide bonds. The van der Waals surface area contributed by atoms with Crippen molar-refractivity contribution in [2.45, 2.75) is 13.0 Å². The van der Waals surface area contributed by atoms with Crippen molar-refractivity contribution < 1.29 is 4.79 Å². The van der Waals surface area contributed by atoms with Gasteiger partial charge < -0.3 is 14.8 Å². The molecule has 128 valence electrons. The number of para-hydroxylation sites is 2. The lowest BCUT2D eigenvalue weighted by Crippen LogP contribution is -2.25. The van der Waals surface area contributed by atoms with Crippen LogP contribution in [0.15, 0.2) is 54.6 Å². The van der Waals surface area contributed by atoms with Crippen LogP contribution in [0.5, 0.6) is 0 Å². The van der Waals surface area contributed by atoms with Gasteiger partial charge in [-0.05, 0) is 17.7 Å². The Morgan fingerprint density at radius 1 is 1.12 bits per heavy atom. The van der Waals surface area contributed by atoms with Crippen LogP contribution in [0.4, 0.5) is 5.95 Å². The smallest absolute Gasteiger partial charge is 0.223 e. The second-order valence-electron chi connectivity index (χ2n) is 6.69. The minimum Gasteiger partial charge on any atom is -0.355 e. The number of amides is 1. The Balaban J connectivity index is 1.38. The number of imidazole rings is 1. The topological polar surface area (TPSA) is 50.2 Å². The lowest BCUT2D eigenvalue weighted by atomic mass is 10.1. The van der Waals surface area contributed by atoms with Gasteiger partial charge in [-0.15, -0.1) is 0 Å². The molecule has 0 radical (unpaired) electrons. The average molecular weight is 334 g/mol. The van der Waals surface area contributed by atoms with E-state index < -0.39 is 0 Å². The van der Waals surface area contributed by atoms with E-state index in [1.165, 1.54) is 5.56 Å². The molecule has 0 spiro atoms. The highest BCUT2D eigenvalue weighted by atomic mass is 16.2. The zero-order valence-electron chi connectivity index (χ0n) is 14.4. The van der Waals surface area contributed by atoms with E-state index in [1.54, 1.807) is 0 Å². The normalized spacial score (nSPS) is 17.4. The lowest BCUT2D eigenvalue weighted by molar-refractivity contribution is -0.128. The van der Waals surface area contributed by atoms with Crippen LogP contribution in [0.2, 0.25) is 0 Å². The van der Waals surface area contributed by atoms with E-state index >= 15 is 0 Å². The van der Waals surface area contributed by atoms with Gasteiger partial charge in [0.05, 0.1) is 11.0 Å². The molecule has 1 aliphatic heterocycles. The molecule has 0 saturated carbocycles. The number of rotatable bonds is 5. The molecule has 3 aromatic rings. The summed E-state index contributed by atoms with van der Waals surface area (Å²) in [5.74, 6) is 1.41. The maximum atomic E-state index is 12.3. The Kier molecular flexibility index (Phi) is 4.14. The number of carbonyl (C=O) groups excluding carboxylic acids is 1. The number of benzene rings is 2. The Morgan fingerprint density at radius 3 is 2.68 bits per heavy atom. The molecule has 5 heteroatoms. The Labute approximate surface area is 147 Å². The maximum Gasteiger partial charge on any atom is 0.223 e. The number of aromatic nitrogens is 2. The molecule has 1 saturated heterocycles. The first-order valence-corrected chi connectivity index (χ1v) is 8.68. The lowest BCUT2D eigenvalue weighted by Gasteiger charge is -2.17. The molecule has 1 aromatic heterocycles. The molecule has 1 N–H and O–H groups in total. The zero-order valence-corrected chi connectivity index (χ0v) is 14.4. The number of nitrogens with zero attached hydrogens (tertiary/aromatic N) is 3. The number of hydrogen-bond acceptors (Lipinski definition) is 3. The number of likely N-dealkylation sites (tertiary alicyclic amines) is 1. The fourth-order valence-electron chi connectivity index (χ4n) is 3.49. The van der Waals surface area contributed by atoms with Gasteiger partial charge in [-0.25, -0.2) is 4.98 Å². The Hall–Kier alpha value is -2.82. The van der Waals surface area contributed by atoms with E-state index in [2.05, 4.69) is 33.1 Å². The standard InChI is InChI=1S/C20H22N4O/c1-23-18-10-6-5-9-17(18)22-20(23)21-12-16-11-19(25)24(14-16)13-15-7-3-2-4-8-15/h2-10,16H,11-14H2,1H3,(H,21,22). The molecule has 25 heavy (non-hydrogen) atoms. The molecule has 0 aliphatic carbocycles. The summed E-state index contributed by atoms with van der Waals surface area (Å²) in [6.07, 6.45) is 0.601. The third-order valence-corrected chi connectivity index (χ3v) is 4.85. The van der Waals surface area contributed by atoms with Gasteiger partial charge in [0.15, 0.2) is 0 Å². The molecular weight excluding hydrogens is 312 g/mol. The minimum absolute atomic E-state index is 0.237. The van der Waals surface area contributed by atoms with Crippen molar-refractivity contribution in [2.24, 2.45) is 13.0 Å². The van der Waals surface area contributed by atoms with Gasteiger partial charge >= 0.3 is 0 Å². The molecule has 5 nitrogen and oxygen atoms in total. The fraction of sp³-hybridized carbons (Fsp3) is 0.300. The largest absolute Gasteiger partial charge is 0.355 e. The van der Waals surface area contributed by atoms with Crippen molar-refractivity contribution in [2.75, 3.05) is 18.4 Å². The minimum atomic E-state index is 0.237. The van der Waals surface area contributed by atoms with Gasteiger partial charge in [0, 0.05) is 39.0 Å². The first-order chi connectivity index (χ1) is 12.2. The molecule has 4 rings (SSSR count). The van der Waals surface area contributed by atoms with Gasteiger partial charge in [-0.2, -0.15) is 0 Å². The molecule has 0 bridgehead atoms. The number of anilines is 1. The van der Waals surface area contributed by atoms with Crippen molar-refractivity contribution in [3.05, 3.63) is 60.2 Å². The van der Waals surface area contributed by atoms with E-state index in [9.17, 15) is 4.79 Å². The monoisotopic (exact) mass is 334 g/mol. The van der Waals surface area contributed by atoms with Gasteiger partial charge in [0.25, 0.3) is 0 Å². The van der Waals surface area contributed by atoms with Crippen LogP contribution >= 0.6 is 0 Å². The summed E-state index contributed by atoms with van der Waals surface area (Å²) >= 11 is 0. The van der Waals surface area contributed by atoms with Crippen LogP contribution in [-0.2, 0) is 18.4 Å². The SMILES string of the molecule is Cn1c(NCC2CC(=O)N(Cc3ccccc3)C2)nc2ccccc21. The van der Waals surface area contributed by atoms with Crippen LogP contribution < -0.4 is 5.32 Å². The highest BCUT2D eigenvalue weighted by molar-refractivity contribution is 5.79. The summed E-state index contributed by atoms with van der Waals surface area (Å²) in [7, 11) is 2.01. The Bertz CT molecular complexity index is 887. The zero-order chi connectivity index (χ0) is 17.2. The van der Waals surface area contributed by atoms with Crippen LogP contribution in [0.1, 0.15) is 12.0 Å².